The Labute approximate surface area is 164 Å². The average Bonchev–Trinajstić information content (AvgIpc) is 3.07. The van der Waals surface area contributed by atoms with Crippen molar-refractivity contribution in [3.63, 3.8) is 0 Å². The molecular weight excluding hydrogens is 332 g/mol. The average molecular weight is 369 g/mol. The first-order chi connectivity index (χ1) is 13.0. The second-order valence-corrected chi connectivity index (χ2v) is 10.9. The van der Waals surface area contributed by atoms with Gasteiger partial charge in [-0.15, -0.1) is 0 Å². The van der Waals surface area contributed by atoms with Gasteiger partial charge in [-0.25, -0.2) is 0 Å². The standard InChI is InChI=1S/C25H36O2/c1-15(2)18-9-11-25(14-26)12-10-22-21-5-3-16-13-17(27)4-6-19(16)20(21)7-8-23(22)24(18)25/h14,16,18-24H,1,3-13H2,2H3/t16?,18?,19-,20?,21+,22-,23?,24?,25?/m0/s1. The summed E-state index contributed by atoms with van der Waals surface area (Å²) in [7, 11) is 0. The maximum Gasteiger partial charge on any atom is 0.133 e. The van der Waals surface area contributed by atoms with Crippen LogP contribution in [-0.4, -0.2) is 12.1 Å². The predicted molar refractivity (Wildman–Crippen MR) is 107 cm³/mol. The van der Waals surface area contributed by atoms with E-state index in [4.69, 9.17) is 0 Å². The van der Waals surface area contributed by atoms with E-state index in [2.05, 4.69) is 13.5 Å². The molecule has 0 N–H and O–H groups in total. The van der Waals surface area contributed by atoms with Crippen molar-refractivity contribution < 1.29 is 9.59 Å². The number of Topliss-reactive ketones (excluding diaryl/α,β-unsaturated/α-hetero) is 1. The van der Waals surface area contributed by atoms with Crippen LogP contribution in [0.4, 0.5) is 0 Å². The highest BCUT2D eigenvalue weighted by molar-refractivity contribution is 5.79. The molecule has 5 saturated carbocycles. The zero-order chi connectivity index (χ0) is 18.8. The molecule has 5 fully saturated rings. The fourth-order valence-electron chi connectivity index (χ4n) is 9.05. The van der Waals surface area contributed by atoms with Crippen LogP contribution in [0, 0.1) is 52.8 Å². The van der Waals surface area contributed by atoms with Gasteiger partial charge < -0.3 is 4.79 Å². The third-order valence-corrected chi connectivity index (χ3v) is 10.0. The van der Waals surface area contributed by atoms with Gasteiger partial charge in [-0.1, -0.05) is 12.2 Å². The second kappa shape index (κ2) is 6.56. The highest BCUT2D eigenvalue weighted by Gasteiger charge is 2.59. The number of ketones is 1. The molecule has 27 heavy (non-hydrogen) atoms. The van der Waals surface area contributed by atoms with Gasteiger partial charge in [0.15, 0.2) is 0 Å². The van der Waals surface area contributed by atoms with Crippen LogP contribution in [0.5, 0.6) is 0 Å². The number of hydrogen-bond donors (Lipinski definition) is 0. The zero-order valence-electron chi connectivity index (χ0n) is 17.0. The van der Waals surface area contributed by atoms with Gasteiger partial charge in [0, 0.05) is 18.3 Å². The topological polar surface area (TPSA) is 34.1 Å². The van der Waals surface area contributed by atoms with E-state index in [-0.39, 0.29) is 5.41 Å². The third-order valence-electron chi connectivity index (χ3n) is 10.0. The quantitative estimate of drug-likeness (QED) is 0.469. The summed E-state index contributed by atoms with van der Waals surface area (Å²) < 4.78 is 0. The highest BCUT2D eigenvalue weighted by atomic mass is 16.1. The summed E-state index contributed by atoms with van der Waals surface area (Å²) >= 11 is 0. The molecule has 5 rings (SSSR count). The largest absolute Gasteiger partial charge is 0.303 e. The van der Waals surface area contributed by atoms with Gasteiger partial charge >= 0.3 is 0 Å². The smallest absolute Gasteiger partial charge is 0.133 e. The van der Waals surface area contributed by atoms with Crippen LogP contribution in [0.1, 0.15) is 77.6 Å². The van der Waals surface area contributed by atoms with E-state index in [1.165, 1.54) is 50.4 Å². The van der Waals surface area contributed by atoms with Crippen molar-refractivity contribution >= 4 is 12.1 Å². The van der Waals surface area contributed by atoms with E-state index < -0.39 is 0 Å². The second-order valence-electron chi connectivity index (χ2n) is 10.9. The Kier molecular flexibility index (Phi) is 4.41. The van der Waals surface area contributed by atoms with Crippen LogP contribution in [0.3, 0.4) is 0 Å². The van der Waals surface area contributed by atoms with Crippen LogP contribution in [0.15, 0.2) is 12.2 Å². The molecule has 0 aromatic heterocycles. The molecule has 0 heterocycles. The van der Waals surface area contributed by atoms with Gasteiger partial charge in [0.1, 0.15) is 12.1 Å². The molecule has 0 bridgehead atoms. The maximum atomic E-state index is 12.2. The Balaban J connectivity index is 1.42. The van der Waals surface area contributed by atoms with Gasteiger partial charge in [0.05, 0.1) is 0 Å². The molecule has 0 amide bonds. The Bertz CT molecular complexity index is 651. The third kappa shape index (κ3) is 2.64. The summed E-state index contributed by atoms with van der Waals surface area (Å²) in [6.07, 6.45) is 14.2. The lowest BCUT2D eigenvalue weighted by molar-refractivity contribution is -0.135. The first kappa shape index (κ1) is 18.1. The lowest BCUT2D eigenvalue weighted by atomic mass is 9.46. The Morgan fingerprint density at radius 3 is 2.37 bits per heavy atom. The Morgan fingerprint density at radius 1 is 0.926 bits per heavy atom. The number of hydrogen-bond acceptors (Lipinski definition) is 2. The Hall–Kier alpha value is -0.920. The fraction of sp³-hybridized carbons (Fsp3) is 0.840. The van der Waals surface area contributed by atoms with Crippen molar-refractivity contribution in [3.8, 4) is 0 Å². The van der Waals surface area contributed by atoms with Gasteiger partial charge in [-0.2, -0.15) is 0 Å². The van der Waals surface area contributed by atoms with Crippen LogP contribution in [-0.2, 0) is 9.59 Å². The zero-order valence-corrected chi connectivity index (χ0v) is 17.0. The van der Waals surface area contributed by atoms with Gasteiger partial charge in [0.2, 0.25) is 0 Å². The molecule has 0 radical (unpaired) electrons. The molecule has 6 unspecified atom stereocenters. The number of carbonyl (C=O) groups is 2. The van der Waals surface area contributed by atoms with Crippen LogP contribution in [0.25, 0.3) is 0 Å². The molecule has 148 valence electrons. The fourth-order valence-corrected chi connectivity index (χ4v) is 9.05. The molecule has 2 heteroatoms. The summed E-state index contributed by atoms with van der Waals surface area (Å²) in [6.45, 7) is 6.53. The van der Waals surface area contributed by atoms with Crippen molar-refractivity contribution in [3.05, 3.63) is 12.2 Å². The summed E-state index contributed by atoms with van der Waals surface area (Å²) in [4.78, 5) is 24.2. The van der Waals surface area contributed by atoms with Crippen LogP contribution >= 0.6 is 0 Å². The van der Waals surface area contributed by atoms with E-state index in [9.17, 15) is 9.59 Å². The number of allylic oxidation sites excluding steroid dienone is 1. The van der Waals surface area contributed by atoms with E-state index in [0.29, 0.717) is 23.5 Å². The molecule has 0 aliphatic heterocycles. The molecule has 0 aromatic rings. The van der Waals surface area contributed by atoms with Gasteiger partial charge in [-0.3, -0.25) is 4.79 Å². The van der Waals surface area contributed by atoms with E-state index in [0.717, 1.165) is 61.7 Å². The predicted octanol–water partition coefficient (Wildman–Crippen LogP) is 5.61. The normalized spacial score (nSPS) is 51.5. The molecule has 0 saturated heterocycles. The minimum Gasteiger partial charge on any atom is -0.303 e. The summed E-state index contributed by atoms with van der Waals surface area (Å²) in [5, 5.41) is 0. The summed E-state index contributed by atoms with van der Waals surface area (Å²) in [6, 6.07) is 0. The number of aldehydes is 1. The molecule has 0 aromatic carbocycles. The first-order valence-electron chi connectivity index (χ1n) is 11.7. The summed E-state index contributed by atoms with van der Waals surface area (Å²) in [5.74, 6) is 6.49. The van der Waals surface area contributed by atoms with E-state index in [1.54, 1.807) is 0 Å². The molecule has 9 atom stereocenters. The van der Waals surface area contributed by atoms with Crippen LogP contribution in [0.2, 0.25) is 0 Å². The van der Waals surface area contributed by atoms with Gasteiger partial charge in [0.25, 0.3) is 0 Å². The van der Waals surface area contributed by atoms with E-state index in [1.807, 2.05) is 0 Å². The molecule has 2 nitrogen and oxygen atoms in total. The molecular formula is C25H36O2. The van der Waals surface area contributed by atoms with Crippen LogP contribution < -0.4 is 0 Å². The van der Waals surface area contributed by atoms with Gasteiger partial charge in [-0.05, 0) is 112 Å². The monoisotopic (exact) mass is 368 g/mol. The minimum atomic E-state index is -0.0356. The van der Waals surface area contributed by atoms with Crippen molar-refractivity contribution in [1.82, 2.24) is 0 Å². The molecule has 5 aliphatic carbocycles. The van der Waals surface area contributed by atoms with Crippen molar-refractivity contribution in [2.45, 2.75) is 77.6 Å². The Morgan fingerprint density at radius 2 is 1.59 bits per heavy atom. The van der Waals surface area contributed by atoms with Crippen molar-refractivity contribution in [1.29, 1.82) is 0 Å². The number of rotatable bonds is 2. The summed E-state index contributed by atoms with van der Waals surface area (Å²) in [5.41, 5.74) is 1.28. The SMILES string of the molecule is C=C(C)C1CCC2(C=O)CC[C@@H]3C(CCC4[C@H]5CCC(=O)CC5CC[C@H]43)C12. The minimum absolute atomic E-state index is 0.0356. The van der Waals surface area contributed by atoms with E-state index >= 15 is 0 Å². The van der Waals surface area contributed by atoms with Crippen molar-refractivity contribution in [2.24, 2.45) is 52.8 Å². The highest BCUT2D eigenvalue weighted by Crippen LogP contribution is 2.65. The number of fused-ring (bicyclic) bond motifs is 7. The maximum absolute atomic E-state index is 12.2. The first-order valence-corrected chi connectivity index (χ1v) is 11.7. The molecule has 0 spiro atoms. The van der Waals surface area contributed by atoms with Crippen molar-refractivity contribution in [2.75, 3.05) is 0 Å². The lowest BCUT2D eigenvalue weighted by Gasteiger charge is -2.58. The number of carbonyl (C=O) groups excluding carboxylic acids is 2. The molecule has 5 aliphatic rings. The lowest BCUT2D eigenvalue weighted by Crippen LogP contribution is -2.52.